The first kappa shape index (κ1) is 15.2. The molecule has 118 valence electrons. The number of nitrogens with zero attached hydrogens (tertiary/aromatic N) is 4. The van der Waals surface area contributed by atoms with Crippen molar-refractivity contribution < 1.29 is 4.79 Å². The maximum atomic E-state index is 12.5. The molecule has 6 heteroatoms. The van der Waals surface area contributed by atoms with E-state index < -0.39 is 0 Å². The number of hydrogen-bond acceptors (Lipinski definition) is 4. The Hall–Kier alpha value is -1.66. The Morgan fingerprint density at radius 3 is 2.82 bits per heavy atom. The minimum absolute atomic E-state index is 0.178. The average molecular weight is 318 g/mol. The van der Waals surface area contributed by atoms with Crippen LogP contribution in [0.5, 0.6) is 0 Å². The molecule has 0 saturated carbocycles. The van der Waals surface area contributed by atoms with Crippen molar-refractivity contribution in [3.05, 3.63) is 40.1 Å². The van der Waals surface area contributed by atoms with Crippen LogP contribution in [0.3, 0.4) is 0 Å². The molecule has 22 heavy (non-hydrogen) atoms. The van der Waals surface area contributed by atoms with Gasteiger partial charge in [-0.3, -0.25) is 9.69 Å². The van der Waals surface area contributed by atoms with Crippen LogP contribution < -0.4 is 0 Å². The van der Waals surface area contributed by atoms with Gasteiger partial charge in [0.1, 0.15) is 5.82 Å². The van der Waals surface area contributed by atoms with Crippen LogP contribution in [0.4, 0.5) is 0 Å². The van der Waals surface area contributed by atoms with Gasteiger partial charge in [-0.25, -0.2) is 4.98 Å². The average Bonchev–Trinajstić information content (AvgIpc) is 3.02. The van der Waals surface area contributed by atoms with Crippen LogP contribution in [0.1, 0.15) is 26.8 Å². The van der Waals surface area contributed by atoms with Gasteiger partial charge in [0.25, 0.3) is 5.91 Å². The van der Waals surface area contributed by atoms with E-state index >= 15 is 0 Å². The predicted octanol–water partition coefficient (Wildman–Crippen LogP) is 2.14. The summed E-state index contributed by atoms with van der Waals surface area (Å²) in [5.41, 5.74) is 0. The molecule has 1 amide bonds. The maximum Gasteiger partial charge on any atom is 0.263 e. The van der Waals surface area contributed by atoms with Crippen LogP contribution >= 0.6 is 11.3 Å². The SMILES string of the molecule is Cc1ccc(C(=O)N2CCCN(Cc3nccn3C)CC2)s1. The highest BCUT2D eigenvalue weighted by Gasteiger charge is 2.21. The highest BCUT2D eigenvalue weighted by Crippen LogP contribution is 2.18. The maximum absolute atomic E-state index is 12.5. The van der Waals surface area contributed by atoms with Gasteiger partial charge >= 0.3 is 0 Å². The zero-order chi connectivity index (χ0) is 15.5. The summed E-state index contributed by atoms with van der Waals surface area (Å²) in [5.74, 6) is 1.26. The molecule has 0 bridgehead atoms. The first-order chi connectivity index (χ1) is 10.6. The van der Waals surface area contributed by atoms with Gasteiger partial charge in [-0.05, 0) is 25.5 Å². The third kappa shape index (κ3) is 3.39. The lowest BCUT2D eigenvalue weighted by atomic mass is 10.3. The quantitative estimate of drug-likeness (QED) is 0.871. The van der Waals surface area contributed by atoms with E-state index in [1.54, 1.807) is 11.3 Å². The molecule has 1 saturated heterocycles. The zero-order valence-corrected chi connectivity index (χ0v) is 14.0. The second-order valence-corrected chi connectivity index (χ2v) is 7.07. The van der Waals surface area contributed by atoms with Gasteiger partial charge in [0.05, 0.1) is 11.4 Å². The molecule has 3 heterocycles. The van der Waals surface area contributed by atoms with E-state index in [2.05, 4.69) is 14.5 Å². The number of rotatable bonds is 3. The van der Waals surface area contributed by atoms with E-state index in [0.717, 1.165) is 49.8 Å². The molecule has 0 N–H and O–H groups in total. The third-order valence-electron chi connectivity index (χ3n) is 4.11. The number of hydrogen-bond donors (Lipinski definition) is 0. The summed E-state index contributed by atoms with van der Waals surface area (Å²) in [4.78, 5) is 23.4. The Morgan fingerprint density at radius 1 is 1.27 bits per heavy atom. The molecule has 0 atom stereocenters. The molecule has 3 rings (SSSR count). The molecular formula is C16H22N4OS. The standard InChI is InChI=1S/C16H22N4OS/c1-13-4-5-14(22-13)16(21)20-8-3-7-19(10-11-20)12-15-17-6-9-18(15)2/h4-6,9H,3,7-8,10-12H2,1-2H3. The third-order valence-corrected chi connectivity index (χ3v) is 5.10. The van der Waals surface area contributed by atoms with Gasteiger partial charge in [0.15, 0.2) is 0 Å². The van der Waals surface area contributed by atoms with Crippen LogP contribution in [0.15, 0.2) is 24.5 Å². The molecule has 1 aliphatic rings. The van der Waals surface area contributed by atoms with E-state index in [-0.39, 0.29) is 5.91 Å². The Morgan fingerprint density at radius 2 is 2.14 bits per heavy atom. The number of aryl methyl sites for hydroxylation is 2. The van der Waals surface area contributed by atoms with E-state index in [0.29, 0.717) is 0 Å². The second kappa shape index (κ2) is 6.62. The Bertz CT molecular complexity index is 648. The lowest BCUT2D eigenvalue weighted by Crippen LogP contribution is -2.34. The molecule has 0 radical (unpaired) electrons. The van der Waals surface area contributed by atoms with Crippen LogP contribution in [0, 0.1) is 6.92 Å². The summed E-state index contributed by atoms with van der Waals surface area (Å²) >= 11 is 1.58. The van der Waals surface area contributed by atoms with E-state index in [1.807, 2.05) is 43.4 Å². The molecule has 0 unspecified atom stereocenters. The molecule has 2 aromatic heterocycles. The van der Waals surface area contributed by atoms with Crippen molar-refractivity contribution in [1.82, 2.24) is 19.4 Å². The first-order valence-corrected chi connectivity index (χ1v) is 8.49. The van der Waals surface area contributed by atoms with Crippen molar-refractivity contribution in [3.63, 3.8) is 0 Å². The van der Waals surface area contributed by atoms with Crippen molar-refractivity contribution >= 4 is 17.2 Å². The molecular weight excluding hydrogens is 296 g/mol. The topological polar surface area (TPSA) is 41.4 Å². The van der Waals surface area contributed by atoms with Crippen LogP contribution in [-0.2, 0) is 13.6 Å². The number of carbonyl (C=O) groups is 1. The van der Waals surface area contributed by atoms with Gasteiger partial charge in [0.2, 0.25) is 0 Å². The summed E-state index contributed by atoms with van der Waals surface area (Å²) in [6, 6.07) is 3.96. The Labute approximate surface area is 135 Å². The van der Waals surface area contributed by atoms with E-state index in [4.69, 9.17) is 0 Å². The van der Waals surface area contributed by atoms with Gasteiger partial charge in [-0.1, -0.05) is 0 Å². The van der Waals surface area contributed by atoms with Gasteiger partial charge in [-0.2, -0.15) is 0 Å². The first-order valence-electron chi connectivity index (χ1n) is 7.68. The smallest absolute Gasteiger partial charge is 0.263 e. The van der Waals surface area contributed by atoms with Gasteiger partial charge in [-0.15, -0.1) is 11.3 Å². The van der Waals surface area contributed by atoms with Crippen LogP contribution in [0.25, 0.3) is 0 Å². The monoisotopic (exact) mass is 318 g/mol. The fourth-order valence-electron chi connectivity index (χ4n) is 2.79. The summed E-state index contributed by atoms with van der Waals surface area (Å²) in [7, 11) is 2.02. The predicted molar refractivity (Wildman–Crippen MR) is 88.1 cm³/mol. The number of amides is 1. The summed E-state index contributed by atoms with van der Waals surface area (Å²) in [6.45, 7) is 6.44. The molecule has 0 aromatic carbocycles. The second-order valence-electron chi connectivity index (χ2n) is 5.79. The zero-order valence-electron chi connectivity index (χ0n) is 13.2. The largest absolute Gasteiger partial charge is 0.337 e. The molecule has 2 aromatic rings. The van der Waals surface area contributed by atoms with Gasteiger partial charge < -0.3 is 9.47 Å². The van der Waals surface area contributed by atoms with Crippen molar-refractivity contribution in [3.8, 4) is 0 Å². The minimum Gasteiger partial charge on any atom is -0.337 e. The Kier molecular flexibility index (Phi) is 4.59. The normalized spacial score (nSPS) is 16.7. The minimum atomic E-state index is 0.178. The number of thiophene rings is 1. The Balaban J connectivity index is 1.60. The summed E-state index contributed by atoms with van der Waals surface area (Å²) in [5, 5.41) is 0. The van der Waals surface area contributed by atoms with Gasteiger partial charge in [0, 0.05) is 50.5 Å². The van der Waals surface area contributed by atoms with Crippen molar-refractivity contribution in [1.29, 1.82) is 0 Å². The van der Waals surface area contributed by atoms with Crippen LogP contribution in [-0.4, -0.2) is 51.4 Å². The van der Waals surface area contributed by atoms with Crippen molar-refractivity contribution in [2.45, 2.75) is 19.9 Å². The summed E-state index contributed by atoms with van der Waals surface area (Å²) < 4.78 is 2.06. The number of carbonyl (C=O) groups excluding carboxylic acids is 1. The molecule has 0 aliphatic carbocycles. The molecule has 5 nitrogen and oxygen atoms in total. The fourth-order valence-corrected chi connectivity index (χ4v) is 3.62. The summed E-state index contributed by atoms with van der Waals surface area (Å²) in [6.07, 6.45) is 4.82. The fraction of sp³-hybridized carbons (Fsp3) is 0.500. The number of aromatic nitrogens is 2. The van der Waals surface area contributed by atoms with E-state index in [1.165, 1.54) is 4.88 Å². The highest BCUT2D eigenvalue weighted by molar-refractivity contribution is 7.13. The molecule has 0 spiro atoms. The van der Waals surface area contributed by atoms with Crippen LogP contribution in [0.2, 0.25) is 0 Å². The highest BCUT2D eigenvalue weighted by atomic mass is 32.1. The van der Waals surface area contributed by atoms with E-state index in [9.17, 15) is 4.79 Å². The number of imidazole rings is 1. The molecule has 1 fully saturated rings. The van der Waals surface area contributed by atoms with Crippen molar-refractivity contribution in [2.24, 2.45) is 7.05 Å². The lowest BCUT2D eigenvalue weighted by Gasteiger charge is -2.21. The molecule has 1 aliphatic heterocycles. The van der Waals surface area contributed by atoms with Crippen molar-refractivity contribution in [2.75, 3.05) is 26.2 Å². The lowest BCUT2D eigenvalue weighted by molar-refractivity contribution is 0.0766.